The van der Waals surface area contributed by atoms with Gasteiger partial charge in [-0.3, -0.25) is 0 Å². The van der Waals surface area contributed by atoms with Crippen molar-refractivity contribution < 1.29 is 14.3 Å². The minimum absolute atomic E-state index is 0.218. The van der Waals surface area contributed by atoms with Gasteiger partial charge in [0.15, 0.2) is 5.65 Å². The number of nitrogens with zero attached hydrogens (tertiary/aromatic N) is 5. The van der Waals surface area contributed by atoms with E-state index in [0.717, 1.165) is 24.1 Å². The molecule has 36 heavy (non-hydrogen) atoms. The van der Waals surface area contributed by atoms with Gasteiger partial charge >= 0.3 is 12.1 Å². The summed E-state index contributed by atoms with van der Waals surface area (Å²) in [5.41, 5.74) is 2.38. The Bertz CT molecular complexity index is 1210. The first-order chi connectivity index (χ1) is 17.1. The largest absolute Gasteiger partial charge is 0.458 e. The fraction of sp³-hybridized carbons (Fsp3) is 0.538. The smallest absolute Gasteiger partial charge is 0.410 e. The molecule has 1 atom stereocenters. The monoisotopic (exact) mass is 512 g/mol. The van der Waals surface area contributed by atoms with Gasteiger partial charge in [-0.05, 0) is 57.4 Å². The van der Waals surface area contributed by atoms with Crippen LogP contribution in [0.4, 0.5) is 10.7 Å². The molecule has 194 valence electrons. The molecule has 1 fully saturated rings. The van der Waals surface area contributed by atoms with Crippen LogP contribution in [0, 0.1) is 0 Å². The maximum absolute atomic E-state index is 12.6. The maximum atomic E-state index is 12.6. The molecule has 2 aromatic heterocycles. The van der Waals surface area contributed by atoms with Crippen molar-refractivity contribution in [2.24, 2.45) is 0 Å². The SMILES string of the molecule is CSc1ccccc1CNc1nc(OC2CCCN(C(=O)OC(C)(C)C)C2)nc2c(C(C)C)cnn12. The molecule has 10 heteroatoms. The van der Waals surface area contributed by atoms with Gasteiger partial charge in [0.25, 0.3) is 0 Å². The molecule has 0 radical (unpaired) electrons. The van der Waals surface area contributed by atoms with Crippen LogP contribution in [0.1, 0.15) is 64.5 Å². The average molecular weight is 513 g/mol. The Balaban J connectivity index is 1.57. The van der Waals surface area contributed by atoms with Crippen LogP contribution in [0.25, 0.3) is 5.65 Å². The number of benzene rings is 1. The summed E-state index contributed by atoms with van der Waals surface area (Å²) < 4.78 is 13.5. The number of piperidine rings is 1. The van der Waals surface area contributed by atoms with Crippen LogP contribution in [-0.2, 0) is 11.3 Å². The zero-order valence-electron chi connectivity index (χ0n) is 21.9. The summed E-state index contributed by atoms with van der Waals surface area (Å²) in [5.74, 6) is 0.810. The van der Waals surface area contributed by atoms with Gasteiger partial charge in [-0.15, -0.1) is 11.8 Å². The highest BCUT2D eigenvalue weighted by atomic mass is 32.2. The topological polar surface area (TPSA) is 93.9 Å². The number of nitrogens with one attached hydrogen (secondary N) is 1. The molecule has 0 bridgehead atoms. The van der Waals surface area contributed by atoms with Crippen molar-refractivity contribution in [3.05, 3.63) is 41.6 Å². The molecule has 1 unspecified atom stereocenters. The molecule has 1 aliphatic rings. The van der Waals surface area contributed by atoms with E-state index in [1.807, 2.05) is 39.1 Å². The van der Waals surface area contributed by atoms with Crippen LogP contribution in [0.2, 0.25) is 0 Å². The number of fused-ring (bicyclic) bond motifs is 1. The van der Waals surface area contributed by atoms with Gasteiger partial charge in [0.2, 0.25) is 5.95 Å². The van der Waals surface area contributed by atoms with Crippen molar-refractivity contribution in [1.29, 1.82) is 0 Å². The summed E-state index contributed by atoms with van der Waals surface area (Å²) in [4.78, 5) is 24.9. The van der Waals surface area contributed by atoms with Crippen LogP contribution >= 0.6 is 11.8 Å². The average Bonchev–Trinajstić information content (AvgIpc) is 3.26. The molecule has 3 aromatic rings. The molecule has 1 N–H and O–H groups in total. The second-order valence-corrected chi connectivity index (χ2v) is 11.1. The van der Waals surface area contributed by atoms with Crippen LogP contribution in [0.3, 0.4) is 0 Å². The summed E-state index contributed by atoms with van der Waals surface area (Å²) in [6.07, 6.45) is 5.01. The van der Waals surface area contributed by atoms with E-state index >= 15 is 0 Å². The van der Waals surface area contributed by atoms with E-state index in [2.05, 4.69) is 47.6 Å². The summed E-state index contributed by atoms with van der Waals surface area (Å²) in [6.45, 7) is 11.5. The lowest BCUT2D eigenvalue weighted by Gasteiger charge is -2.33. The Morgan fingerprint density at radius 2 is 2.03 bits per heavy atom. The molecule has 1 saturated heterocycles. The molecule has 0 saturated carbocycles. The third-order valence-corrected chi connectivity index (χ3v) is 6.77. The lowest BCUT2D eigenvalue weighted by atomic mass is 10.1. The number of carbonyl (C=O) groups excluding carboxylic acids is 1. The van der Waals surface area contributed by atoms with Gasteiger partial charge in [-0.2, -0.15) is 19.6 Å². The third-order valence-electron chi connectivity index (χ3n) is 5.93. The molecule has 0 aliphatic carbocycles. The summed E-state index contributed by atoms with van der Waals surface area (Å²) in [6, 6.07) is 8.56. The van der Waals surface area contributed by atoms with E-state index in [4.69, 9.17) is 14.5 Å². The highest BCUT2D eigenvalue weighted by Gasteiger charge is 2.29. The lowest BCUT2D eigenvalue weighted by molar-refractivity contribution is 0.00662. The second-order valence-electron chi connectivity index (χ2n) is 10.3. The van der Waals surface area contributed by atoms with E-state index in [1.54, 1.807) is 21.2 Å². The van der Waals surface area contributed by atoms with Crippen LogP contribution in [0.15, 0.2) is 35.4 Å². The number of carbonyl (C=O) groups is 1. The number of aromatic nitrogens is 4. The van der Waals surface area contributed by atoms with E-state index in [9.17, 15) is 4.79 Å². The third kappa shape index (κ3) is 6.21. The van der Waals surface area contributed by atoms with Gasteiger partial charge in [-0.25, -0.2) is 4.79 Å². The van der Waals surface area contributed by atoms with Crippen molar-refractivity contribution in [1.82, 2.24) is 24.5 Å². The summed E-state index contributed by atoms with van der Waals surface area (Å²) in [5, 5.41) is 7.98. The number of likely N-dealkylation sites (tertiary alicyclic amines) is 1. The molecule has 1 aromatic carbocycles. The van der Waals surface area contributed by atoms with Crippen molar-refractivity contribution in [3.63, 3.8) is 0 Å². The maximum Gasteiger partial charge on any atom is 0.410 e. The Labute approximate surface area is 217 Å². The van der Waals surface area contributed by atoms with Gasteiger partial charge in [0, 0.05) is 23.5 Å². The number of amides is 1. The number of anilines is 1. The van der Waals surface area contributed by atoms with E-state index < -0.39 is 5.60 Å². The highest BCUT2D eigenvalue weighted by Crippen LogP contribution is 2.26. The molecular weight excluding hydrogens is 476 g/mol. The zero-order valence-corrected chi connectivity index (χ0v) is 22.8. The molecule has 4 rings (SSSR count). The minimum atomic E-state index is -0.538. The quantitative estimate of drug-likeness (QED) is 0.423. The first-order valence-electron chi connectivity index (χ1n) is 12.4. The van der Waals surface area contributed by atoms with Crippen molar-refractivity contribution in [2.75, 3.05) is 24.7 Å². The Hall–Kier alpha value is -3.01. The summed E-state index contributed by atoms with van der Waals surface area (Å²) >= 11 is 1.71. The lowest BCUT2D eigenvalue weighted by Crippen LogP contribution is -2.46. The van der Waals surface area contributed by atoms with E-state index in [-0.39, 0.29) is 24.1 Å². The predicted octanol–water partition coefficient (Wildman–Crippen LogP) is 5.36. The van der Waals surface area contributed by atoms with E-state index in [0.29, 0.717) is 25.6 Å². The van der Waals surface area contributed by atoms with Crippen molar-refractivity contribution in [3.8, 4) is 6.01 Å². The van der Waals surface area contributed by atoms with Gasteiger partial charge in [0.1, 0.15) is 11.7 Å². The predicted molar refractivity (Wildman–Crippen MR) is 142 cm³/mol. The zero-order chi connectivity index (χ0) is 25.9. The Morgan fingerprint density at radius 1 is 1.25 bits per heavy atom. The first kappa shape index (κ1) is 26.1. The van der Waals surface area contributed by atoms with Gasteiger partial charge in [0.05, 0.1) is 12.7 Å². The van der Waals surface area contributed by atoms with Gasteiger partial charge in [-0.1, -0.05) is 32.0 Å². The first-order valence-corrected chi connectivity index (χ1v) is 13.6. The second kappa shape index (κ2) is 10.9. The van der Waals surface area contributed by atoms with Crippen LogP contribution in [0.5, 0.6) is 6.01 Å². The number of rotatable bonds is 7. The van der Waals surface area contributed by atoms with Crippen LogP contribution < -0.4 is 10.1 Å². The Morgan fingerprint density at radius 3 is 2.75 bits per heavy atom. The molecule has 3 heterocycles. The van der Waals surface area contributed by atoms with E-state index in [1.165, 1.54) is 10.5 Å². The van der Waals surface area contributed by atoms with Crippen molar-refractivity contribution >= 4 is 29.5 Å². The molecule has 1 aliphatic heterocycles. The molecule has 1 amide bonds. The van der Waals surface area contributed by atoms with Crippen molar-refractivity contribution in [2.45, 2.75) is 76.5 Å². The fourth-order valence-electron chi connectivity index (χ4n) is 4.15. The normalized spacial score (nSPS) is 16.4. The number of hydrogen-bond acceptors (Lipinski definition) is 8. The standard InChI is InChI=1S/C26H36N6O3S/c1-17(2)20-15-28-32-22(20)29-24(30-23(32)27-14-18-10-7-8-12-21(18)36-6)34-19-11-9-13-31(16-19)25(33)35-26(3,4)5/h7-8,10,12,15,17,19H,9,11,13-14,16H2,1-6H3,(H,27,29,30). The summed E-state index contributed by atoms with van der Waals surface area (Å²) in [7, 11) is 0. The number of hydrogen-bond donors (Lipinski definition) is 1. The Kier molecular flexibility index (Phi) is 7.92. The number of ether oxygens (including phenoxy) is 2. The van der Waals surface area contributed by atoms with Crippen LogP contribution in [-0.4, -0.2) is 61.6 Å². The highest BCUT2D eigenvalue weighted by molar-refractivity contribution is 7.98. The minimum Gasteiger partial charge on any atom is -0.458 e. The number of thioether (sulfide) groups is 1. The molecule has 0 spiro atoms. The molecular formula is C26H36N6O3S. The van der Waals surface area contributed by atoms with Gasteiger partial charge < -0.3 is 19.7 Å². The molecule has 9 nitrogen and oxygen atoms in total. The fourth-order valence-corrected chi connectivity index (χ4v) is 4.77.